The van der Waals surface area contributed by atoms with Gasteiger partial charge in [-0.25, -0.2) is 4.39 Å². The van der Waals surface area contributed by atoms with Crippen LogP contribution in [0.3, 0.4) is 0 Å². The second kappa shape index (κ2) is 3.70. The molecule has 0 spiro atoms. The number of rotatable bonds is 1. The molecule has 14 heavy (non-hydrogen) atoms. The predicted octanol–water partition coefficient (Wildman–Crippen LogP) is 2.80. The lowest BCUT2D eigenvalue weighted by Gasteiger charge is -2.11. The van der Waals surface area contributed by atoms with Crippen LogP contribution in [-0.4, -0.2) is 6.54 Å². The number of halogens is 1. The van der Waals surface area contributed by atoms with Crippen LogP contribution in [0, 0.1) is 18.7 Å². The molecule has 0 aromatic heterocycles. The summed E-state index contributed by atoms with van der Waals surface area (Å²) in [5, 5.41) is 3.40. The van der Waals surface area contributed by atoms with E-state index in [1.54, 1.807) is 13.0 Å². The molecule has 0 saturated carbocycles. The molecule has 1 fully saturated rings. The molecule has 0 bridgehead atoms. The van der Waals surface area contributed by atoms with Gasteiger partial charge in [-0.3, -0.25) is 0 Å². The number of hydrogen-bond acceptors (Lipinski definition) is 1. The average molecular weight is 193 g/mol. The van der Waals surface area contributed by atoms with Crippen molar-refractivity contribution in [3.63, 3.8) is 0 Å². The SMILES string of the molecule is Cc1ccc(C2CC(C)CN2)cc1F. The highest BCUT2D eigenvalue weighted by atomic mass is 19.1. The summed E-state index contributed by atoms with van der Waals surface area (Å²) >= 11 is 0. The van der Waals surface area contributed by atoms with Gasteiger partial charge in [0.2, 0.25) is 0 Å². The van der Waals surface area contributed by atoms with E-state index in [0.29, 0.717) is 12.0 Å². The van der Waals surface area contributed by atoms with Gasteiger partial charge >= 0.3 is 0 Å². The number of hydrogen-bond donors (Lipinski definition) is 1. The normalized spacial score (nSPS) is 26.8. The van der Waals surface area contributed by atoms with Gasteiger partial charge in [-0.1, -0.05) is 19.1 Å². The van der Waals surface area contributed by atoms with Crippen LogP contribution in [0.15, 0.2) is 18.2 Å². The first-order valence-corrected chi connectivity index (χ1v) is 5.16. The van der Waals surface area contributed by atoms with Crippen LogP contribution >= 0.6 is 0 Å². The minimum absolute atomic E-state index is 0.0937. The van der Waals surface area contributed by atoms with Gasteiger partial charge < -0.3 is 5.32 Å². The first-order valence-electron chi connectivity index (χ1n) is 5.16. The molecule has 0 radical (unpaired) electrons. The summed E-state index contributed by atoms with van der Waals surface area (Å²) in [7, 11) is 0. The van der Waals surface area contributed by atoms with Gasteiger partial charge in [-0.05, 0) is 43.0 Å². The number of benzene rings is 1. The third-order valence-electron chi connectivity index (χ3n) is 2.95. The molecule has 1 heterocycles. The molecule has 2 rings (SSSR count). The Morgan fingerprint density at radius 3 is 2.79 bits per heavy atom. The molecule has 76 valence electrons. The van der Waals surface area contributed by atoms with Crippen molar-refractivity contribution in [1.82, 2.24) is 5.32 Å². The predicted molar refractivity (Wildman–Crippen MR) is 55.7 cm³/mol. The van der Waals surface area contributed by atoms with Crippen LogP contribution in [0.4, 0.5) is 4.39 Å². The van der Waals surface area contributed by atoms with Gasteiger partial charge in [0.15, 0.2) is 0 Å². The molecule has 0 amide bonds. The highest BCUT2D eigenvalue weighted by molar-refractivity contribution is 5.26. The largest absolute Gasteiger partial charge is 0.310 e. The van der Waals surface area contributed by atoms with Crippen molar-refractivity contribution in [1.29, 1.82) is 0 Å². The second-order valence-electron chi connectivity index (χ2n) is 4.31. The first-order chi connectivity index (χ1) is 6.66. The van der Waals surface area contributed by atoms with E-state index in [0.717, 1.165) is 24.1 Å². The van der Waals surface area contributed by atoms with Crippen molar-refractivity contribution in [3.8, 4) is 0 Å². The van der Waals surface area contributed by atoms with Crippen molar-refractivity contribution in [3.05, 3.63) is 35.1 Å². The quantitative estimate of drug-likeness (QED) is 0.723. The maximum absolute atomic E-state index is 13.3. The Labute approximate surface area is 84.3 Å². The summed E-state index contributed by atoms with van der Waals surface area (Å²) in [4.78, 5) is 0. The van der Waals surface area contributed by atoms with Gasteiger partial charge in [-0.15, -0.1) is 0 Å². The zero-order valence-electron chi connectivity index (χ0n) is 8.68. The molecule has 1 nitrogen and oxygen atoms in total. The third-order valence-corrected chi connectivity index (χ3v) is 2.95. The summed E-state index contributed by atoms with van der Waals surface area (Å²) < 4.78 is 13.3. The Kier molecular flexibility index (Phi) is 2.55. The maximum Gasteiger partial charge on any atom is 0.126 e. The van der Waals surface area contributed by atoms with Crippen molar-refractivity contribution in [2.24, 2.45) is 5.92 Å². The molecule has 2 unspecified atom stereocenters. The van der Waals surface area contributed by atoms with Gasteiger partial charge in [0, 0.05) is 6.04 Å². The van der Waals surface area contributed by atoms with E-state index in [2.05, 4.69) is 12.2 Å². The second-order valence-corrected chi connectivity index (χ2v) is 4.31. The zero-order valence-corrected chi connectivity index (χ0v) is 8.68. The van der Waals surface area contributed by atoms with Crippen molar-refractivity contribution >= 4 is 0 Å². The van der Waals surface area contributed by atoms with Gasteiger partial charge in [-0.2, -0.15) is 0 Å². The van der Waals surface area contributed by atoms with E-state index in [1.807, 2.05) is 12.1 Å². The number of nitrogens with one attached hydrogen (secondary N) is 1. The highest BCUT2D eigenvalue weighted by Crippen LogP contribution is 2.27. The monoisotopic (exact) mass is 193 g/mol. The van der Waals surface area contributed by atoms with E-state index >= 15 is 0 Å². The Hall–Kier alpha value is -0.890. The molecule has 2 atom stereocenters. The fourth-order valence-electron chi connectivity index (χ4n) is 1.99. The summed E-state index contributed by atoms with van der Waals surface area (Å²) in [5.74, 6) is 0.605. The smallest absolute Gasteiger partial charge is 0.126 e. The van der Waals surface area contributed by atoms with Crippen LogP contribution < -0.4 is 5.32 Å². The molecule has 2 heteroatoms. The van der Waals surface area contributed by atoms with Crippen LogP contribution in [0.5, 0.6) is 0 Å². The molecule has 0 aliphatic carbocycles. The standard InChI is InChI=1S/C12H16FN/c1-8-5-12(14-7-8)10-4-3-9(2)11(13)6-10/h3-4,6,8,12,14H,5,7H2,1-2H3. The van der Waals surface area contributed by atoms with Gasteiger partial charge in [0.1, 0.15) is 5.82 Å². The van der Waals surface area contributed by atoms with Crippen LogP contribution in [0.1, 0.15) is 30.5 Å². The van der Waals surface area contributed by atoms with E-state index in [-0.39, 0.29) is 5.82 Å². The topological polar surface area (TPSA) is 12.0 Å². The molecule has 1 aliphatic heterocycles. The van der Waals surface area contributed by atoms with E-state index < -0.39 is 0 Å². The number of aryl methyl sites for hydroxylation is 1. The molecule has 1 N–H and O–H groups in total. The van der Waals surface area contributed by atoms with Crippen molar-refractivity contribution in [2.75, 3.05) is 6.54 Å². The highest BCUT2D eigenvalue weighted by Gasteiger charge is 2.22. The van der Waals surface area contributed by atoms with Crippen LogP contribution in [0.25, 0.3) is 0 Å². The Morgan fingerprint density at radius 2 is 2.21 bits per heavy atom. The van der Waals surface area contributed by atoms with Crippen LogP contribution in [0.2, 0.25) is 0 Å². The van der Waals surface area contributed by atoms with Crippen molar-refractivity contribution < 1.29 is 4.39 Å². The molecular formula is C12H16FN. The van der Waals surface area contributed by atoms with Crippen molar-refractivity contribution in [2.45, 2.75) is 26.3 Å². The van der Waals surface area contributed by atoms with Crippen LogP contribution in [-0.2, 0) is 0 Å². The lowest BCUT2D eigenvalue weighted by atomic mass is 10.0. The van der Waals surface area contributed by atoms with E-state index in [4.69, 9.17) is 0 Å². The summed E-state index contributed by atoms with van der Waals surface area (Å²) in [5.41, 5.74) is 1.80. The molecule has 1 aromatic rings. The van der Waals surface area contributed by atoms with E-state index in [1.165, 1.54) is 0 Å². The molecular weight excluding hydrogens is 177 g/mol. The molecule has 1 saturated heterocycles. The lowest BCUT2D eigenvalue weighted by Crippen LogP contribution is -2.13. The third kappa shape index (κ3) is 1.80. The fourth-order valence-corrected chi connectivity index (χ4v) is 1.99. The fraction of sp³-hybridized carbons (Fsp3) is 0.500. The van der Waals surface area contributed by atoms with Gasteiger partial charge in [0.05, 0.1) is 0 Å². The first kappa shape index (κ1) is 9.66. The minimum atomic E-state index is -0.0937. The average Bonchev–Trinajstić information content (AvgIpc) is 2.57. The summed E-state index contributed by atoms with van der Waals surface area (Å²) in [6.07, 6.45) is 1.11. The molecule has 1 aliphatic rings. The van der Waals surface area contributed by atoms with Gasteiger partial charge in [0.25, 0.3) is 0 Å². The lowest BCUT2D eigenvalue weighted by molar-refractivity contribution is 0.590. The summed E-state index contributed by atoms with van der Waals surface area (Å²) in [6.45, 7) is 5.06. The maximum atomic E-state index is 13.3. The molecule has 1 aromatic carbocycles. The Balaban J connectivity index is 2.20. The Morgan fingerprint density at radius 1 is 1.43 bits per heavy atom. The minimum Gasteiger partial charge on any atom is -0.310 e. The summed E-state index contributed by atoms with van der Waals surface area (Å²) in [6, 6.07) is 5.88. The Bertz CT molecular complexity index is 335. The zero-order chi connectivity index (χ0) is 10.1. The van der Waals surface area contributed by atoms with E-state index in [9.17, 15) is 4.39 Å².